The van der Waals surface area contributed by atoms with Crippen LogP contribution in [0.15, 0.2) is 39.3 Å². The van der Waals surface area contributed by atoms with E-state index in [1.54, 1.807) is 0 Å². The van der Waals surface area contributed by atoms with Crippen LogP contribution in [0.25, 0.3) is 0 Å². The van der Waals surface area contributed by atoms with Crippen LogP contribution in [0.5, 0.6) is 0 Å². The van der Waals surface area contributed by atoms with Crippen molar-refractivity contribution in [2.24, 2.45) is 0 Å². The summed E-state index contributed by atoms with van der Waals surface area (Å²) in [5.74, 6) is -0.456. The van der Waals surface area contributed by atoms with Gasteiger partial charge in [0, 0.05) is 15.0 Å². The minimum atomic E-state index is -0.456. The first-order valence-electron chi connectivity index (χ1n) is 5.74. The molecule has 0 saturated carbocycles. The Hall–Kier alpha value is -0.290. The van der Waals surface area contributed by atoms with E-state index >= 15 is 0 Å². The Morgan fingerprint density at radius 1 is 1.10 bits per heavy atom. The van der Waals surface area contributed by atoms with E-state index in [9.17, 15) is 4.39 Å². The average Bonchev–Trinajstić information content (AvgIpc) is 2.33. The van der Waals surface area contributed by atoms with Gasteiger partial charge in [0.1, 0.15) is 5.82 Å². The summed E-state index contributed by atoms with van der Waals surface area (Å²) in [5.41, 5.74) is 1.57. The molecule has 1 unspecified atom stereocenters. The van der Waals surface area contributed by atoms with Crippen LogP contribution < -0.4 is 5.32 Å². The molecule has 20 heavy (non-hydrogen) atoms. The Bertz CT molecular complexity index is 626. The molecule has 0 aromatic heterocycles. The molecule has 2 rings (SSSR count). The van der Waals surface area contributed by atoms with E-state index in [2.05, 4.69) is 37.2 Å². The Kier molecular flexibility index (Phi) is 5.35. The van der Waals surface area contributed by atoms with Crippen LogP contribution in [0.2, 0.25) is 10.0 Å². The molecule has 1 atom stereocenters. The van der Waals surface area contributed by atoms with Gasteiger partial charge in [-0.3, -0.25) is 0 Å². The molecule has 0 aliphatic rings. The Labute approximate surface area is 143 Å². The van der Waals surface area contributed by atoms with Crippen LogP contribution in [-0.2, 0) is 0 Å². The molecular weight excluding hydrogens is 432 g/mol. The molecule has 1 N–H and O–H groups in total. The van der Waals surface area contributed by atoms with Crippen molar-refractivity contribution in [3.8, 4) is 0 Å². The van der Waals surface area contributed by atoms with Gasteiger partial charge in [-0.1, -0.05) is 61.1 Å². The lowest BCUT2D eigenvalue weighted by molar-refractivity contribution is 0.628. The Morgan fingerprint density at radius 2 is 1.70 bits per heavy atom. The normalized spacial score (nSPS) is 12.3. The minimum absolute atomic E-state index is 0.0436. The highest BCUT2D eigenvalue weighted by molar-refractivity contribution is 9.11. The molecule has 0 fully saturated rings. The minimum Gasteiger partial charge on any atom is -0.376 e. The van der Waals surface area contributed by atoms with Crippen molar-refractivity contribution < 1.29 is 4.39 Å². The lowest BCUT2D eigenvalue weighted by atomic mass is 10.1. The van der Waals surface area contributed by atoms with Gasteiger partial charge in [-0.15, -0.1) is 0 Å². The third-order valence-corrected chi connectivity index (χ3v) is 4.57. The van der Waals surface area contributed by atoms with Gasteiger partial charge in [-0.2, -0.15) is 0 Å². The highest BCUT2D eigenvalue weighted by atomic mass is 79.9. The zero-order valence-corrected chi connectivity index (χ0v) is 15.0. The summed E-state index contributed by atoms with van der Waals surface area (Å²) in [5, 5.41) is 3.73. The van der Waals surface area contributed by atoms with Crippen molar-refractivity contribution in [2.75, 3.05) is 5.32 Å². The number of rotatable bonds is 3. The third-order valence-electron chi connectivity index (χ3n) is 2.80. The molecule has 1 nitrogen and oxygen atoms in total. The Balaban J connectivity index is 2.30. The van der Waals surface area contributed by atoms with Crippen molar-refractivity contribution in [1.29, 1.82) is 0 Å². The molecule has 0 saturated heterocycles. The molecule has 0 bridgehead atoms. The number of anilines is 1. The van der Waals surface area contributed by atoms with Gasteiger partial charge >= 0.3 is 0 Å². The second-order valence-electron chi connectivity index (χ2n) is 4.28. The second-order valence-corrected chi connectivity index (χ2v) is 6.86. The van der Waals surface area contributed by atoms with Crippen molar-refractivity contribution in [3.63, 3.8) is 0 Å². The van der Waals surface area contributed by atoms with E-state index in [1.165, 1.54) is 12.1 Å². The summed E-state index contributed by atoms with van der Waals surface area (Å²) in [4.78, 5) is 0. The van der Waals surface area contributed by atoms with Crippen molar-refractivity contribution in [2.45, 2.75) is 13.0 Å². The molecule has 0 aliphatic carbocycles. The maximum Gasteiger partial charge on any atom is 0.126 e. The predicted molar refractivity (Wildman–Crippen MR) is 90.3 cm³/mol. The van der Waals surface area contributed by atoms with E-state index in [0.717, 1.165) is 14.5 Å². The maximum absolute atomic E-state index is 13.2. The van der Waals surface area contributed by atoms with E-state index in [4.69, 9.17) is 23.2 Å². The van der Waals surface area contributed by atoms with Crippen LogP contribution in [0.1, 0.15) is 18.5 Å². The molecule has 6 heteroatoms. The monoisotopic (exact) mass is 439 g/mol. The molecule has 0 aliphatic heterocycles. The van der Waals surface area contributed by atoms with Gasteiger partial charge in [-0.25, -0.2) is 4.39 Å². The standard InChI is InChI=1S/C14H10Br2Cl2FN/c1-7(10-3-2-8(15)4-11(10)16)20-14-12(17)5-9(19)6-13(14)18/h2-7,20H,1H3. The van der Waals surface area contributed by atoms with Crippen LogP contribution in [0.4, 0.5) is 10.1 Å². The quantitative estimate of drug-likeness (QED) is 0.550. The second kappa shape index (κ2) is 6.65. The number of benzene rings is 2. The lowest BCUT2D eigenvalue weighted by Crippen LogP contribution is -2.08. The summed E-state index contributed by atoms with van der Waals surface area (Å²) in [7, 11) is 0. The molecule has 0 heterocycles. The average molecular weight is 442 g/mol. The fourth-order valence-electron chi connectivity index (χ4n) is 1.83. The molecule has 2 aromatic rings. The summed E-state index contributed by atoms with van der Waals surface area (Å²) in [6, 6.07) is 8.32. The van der Waals surface area contributed by atoms with Gasteiger partial charge in [0.25, 0.3) is 0 Å². The van der Waals surface area contributed by atoms with E-state index < -0.39 is 5.82 Å². The van der Waals surface area contributed by atoms with E-state index in [1.807, 2.05) is 25.1 Å². The van der Waals surface area contributed by atoms with Crippen LogP contribution in [0, 0.1) is 5.82 Å². The van der Waals surface area contributed by atoms with Crippen molar-refractivity contribution >= 4 is 60.7 Å². The molecule has 2 aromatic carbocycles. The summed E-state index contributed by atoms with van der Waals surface area (Å²) in [6.07, 6.45) is 0. The van der Waals surface area contributed by atoms with Gasteiger partial charge < -0.3 is 5.32 Å². The fourth-order valence-corrected chi connectivity index (χ4v) is 3.79. The van der Waals surface area contributed by atoms with Gasteiger partial charge in [0.15, 0.2) is 0 Å². The molecule has 0 spiro atoms. The summed E-state index contributed by atoms with van der Waals surface area (Å²) >= 11 is 19.0. The molecule has 106 valence electrons. The van der Waals surface area contributed by atoms with Crippen LogP contribution in [-0.4, -0.2) is 0 Å². The van der Waals surface area contributed by atoms with Gasteiger partial charge in [-0.05, 0) is 36.8 Å². The largest absolute Gasteiger partial charge is 0.376 e. The number of halogens is 5. The third kappa shape index (κ3) is 3.67. The maximum atomic E-state index is 13.2. The number of hydrogen-bond acceptors (Lipinski definition) is 1. The highest BCUT2D eigenvalue weighted by Gasteiger charge is 2.14. The van der Waals surface area contributed by atoms with E-state index in [0.29, 0.717) is 5.69 Å². The molecule has 0 radical (unpaired) electrons. The Morgan fingerprint density at radius 3 is 2.25 bits per heavy atom. The number of hydrogen-bond donors (Lipinski definition) is 1. The van der Waals surface area contributed by atoms with Crippen molar-refractivity contribution in [1.82, 2.24) is 0 Å². The van der Waals surface area contributed by atoms with Crippen molar-refractivity contribution in [3.05, 3.63) is 60.7 Å². The van der Waals surface area contributed by atoms with Gasteiger partial charge in [0.05, 0.1) is 15.7 Å². The summed E-state index contributed by atoms with van der Waals surface area (Å²) < 4.78 is 15.1. The fraction of sp³-hybridized carbons (Fsp3) is 0.143. The first-order chi connectivity index (χ1) is 9.38. The first-order valence-corrected chi connectivity index (χ1v) is 8.08. The first kappa shape index (κ1) is 16.1. The molecular formula is C14H10Br2Cl2FN. The summed E-state index contributed by atoms with van der Waals surface area (Å²) in [6.45, 7) is 1.98. The van der Waals surface area contributed by atoms with Crippen LogP contribution in [0.3, 0.4) is 0 Å². The highest BCUT2D eigenvalue weighted by Crippen LogP contribution is 2.35. The van der Waals surface area contributed by atoms with Crippen LogP contribution >= 0.6 is 55.1 Å². The number of nitrogens with one attached hydrogen (secondary N) is 1. The predicted octanol–water partition coefficient (Wildman–Crippen LogP) is 6.83. The SMILES string of the molecule is CC(Nc1c(Cl)cc(F)cc1Cl)c1ccc(Br)cc1Br. The van der Waals surface area contributed by atoms with E-state index in [-0.39, 0.29) is 16.1 Å². The zero-order valence-electron chi connectivity index (χ0n) is 10.4. The zero-order chi connectivity index (χ0) is 14.9. The topological polar surface area (TPSA) is 12.0 Å². The molecule has 0 amide bonds. The smallest absolute Gasteiger partial charge is 0.126 e. The lowest BCUT2D eigenvalue weighted by Gasteiger charge is -2.19. The van der Waals surface area contributed by atoms with Gasteiger partial charge in [0.2, 0.25) is 0 Å².